The summed E-state index contributed by atoms with van der Waals surface area (Å²) in [5, 5.41) is 8.84. The third kappa shape index (κ3) is 5.53. The van der Waals surface area contributed by atoms with Crippen molar-refractivity contribution in [2.45, 2.75) is 13.5 Å². The normalized spacial score (nSPS) is 9.57. The molecule has 0 aliphatic heterocycles. The van der Waals surface area contributed by atoms with Gasteiger partial charge in [0.15, 0.2) is 0 Å². The highest BCUT2D eigenvalue weighted by atomic mass is 16.6. The molecule has 0 aromatic heterocycles. The predicted molar refractivity (Wildman–Crippen MR) is 77.1 cm³/mol. The van der Waals surface area contributed by atoms with Crippen LogP contribution in [0.4, 0.5) is 4.79 Å². The van der Waals surface area contributed by atoms with Crippen LogP contribution in [-0.2, 0) is 16.1 Å². The lowest BCUT2D eigenvalue weighted by Gasteiger charge is -2.23. The van der Waals surface area contributed by atoms with Crippen LogP contribution in [0, 0.1) is 11.3 Å². The lowest BCUT2D eigenvalue weighted by molar-refractivity contribution is -0.131. The van der Waals surface area contributed by atoms with E-state index in [4.69, 9.17) is 10.00 Å². The number of amides is 2. The van der Waals surface area contributed by atoms with Crippen LogP contribution in [-0.4, -0.2) is 48.5 Å². The molecular weight excluding hydrogens is 270 g/mol. The second kappa shape index (κ2) is 8.59. The smallest absolute Gasteiger partial charge is 0.409 e. The van der Waals surface area contributed by atoms with Gasteiger partial charge in [-0.1, -0.05) is 30.3 Å². The van der Waals surface area contributed by atoms with E-state index >= 15 is 0 Å². The molecule has 0 spiro atoms. The summed E-state index contributed by atoms with van der Waals surface area (Å²) in [4.78, 5) is 26.3. The number of likely N-dealkylation sites (N-methyl/N-ethyl adjacent to an activating group) is 1. The minimum atomic E-state index is -0.553. The summed E-state index contributed by atoms with van der Waals surface area (Å²) in [6.07, 6.45) is -0.553. The standard InChI is InChI=1S/C15H19N3O3/c1-3-21-15(20)17(2)12-14(19)18(10-9-16)11-13-7-5-4-6-8-13/h4-8H,3,10-12H2,1-2H3. The van der Waals surface area contributed by atoms with Gasteiger partial charge in [0.1, 0.15) is 13.1 Å². The fourth-order valence-electron chi connectivity index (χ4n) is 1.72. The first-order valence-corrected chi connectivity index (χ1v) is 6.65. The second-order valence-electron chi connectivity index (χ2n) is 4.45. The molecule has 112 valence electrons. The number of nitrogens with zero attached hydrogens (tertiary/aromatic N) is 3. The molecule has 0 atom stereocenters. The topological polar surface area (TPSA) is 73.6 Å². The maximum Gasteiger partial charge on any atom is 0.409 e. The Bertz CT molecular complexity index is 511. The Balaban J connectivity index is 2.65. The highest BCUT2D eigenvalue weighted by molar-refractivity contribution is 5.82. The Labute approximate surface area is 124 Å². The minimum Gasteiger partial charge on any atom is -0.450 e. The summed E-state index contributed by atoms with van der Waals surface area (Å²) in [5.41, 5.74) is 0.930. The Hall–Kier alpha value is -2.55. The SMILES string of the molecule is CCOC(=O)N(C)CC(=O)N(CC#N)Cc1ccccc1. The maximum atomic E-state index is 12.2. The molecule has 1 rings (SSSR count). The minimum absolute atomic E-state index is 0.0234. The number of hydrogen-bond donors (Lipinski definition) is 0. The largest absolute Gasteiger partial charge is 0.450 e. The van der Waals surface area contributed by atoms with Crippen molar-refractivity contribution < 1.29 is 14.3 Å². The molecule has 0 saturated carbocycles. The van der Waals surface area contributed by atoms with E-state index in [1.54, 1.807) is 6.92 Å². The van der Waals surface area contributed by atoms with E-state index in [1.165, 1.54) is 16.8 Å². The number of ether oxygens (including phenoxy) is 1. The number of nitriles is 1. The van der Waals surface area contributed by atoms with Gasteiger partial charge in [-0.15, -0.1) is 0 Å². The van der Waals surface area contributed by atoms with Crippen LogP contribution in [0.2, 0.25) is 0 Å². The molecule has 1 aromatic rings. The quantitative estimate of drug-likeness (QED) is 0.746. The van der Waals surface area contributed by atoms with Gasteiger partial charge in [0.25, 0.3) is 0 Å². The Morgan fingerprint density at radius 1 is 1.29 bits per heavy atom. The lowest BCUT2D eigenvalue weighted by Crippen LogP contribution is -2.41. The summed E-state index contributed by atoms with van der Waals surface area (Å²) in [6, 6.07) is 11.4. The summed E-state index contributed by atoms with van der Waals surface area (Å²) in [6.45, 7) is 2.15. The van der Waals surface area contributed by atoms with Crippen molar-refractivity contribution in [3.8, 4) is 6.07 Å². The van der Waals surface area contributed by atoms with Gasteiger partial charge in [0.2, 0.25) is 5.91 Å². The van der Waals surface area contributed by atoms with Gasteiger partial charge in [-0.05, 0) is 12.5 Å². The van der Waals surface area contributed by atoms with Crippen LogP contribution in [0.25, 0.3) is 0 Å². The third-order valence-corrected chi connectivity index (χ3v) is 2.78. The average molecular weight is 289 g/mol. The van der Waals surface area contributed by atoms with E-state index in [-0.39, 0.29) is 25.6 Å². The molecule has 6 nitrogen and oxygen atoms in total. The molecule has 2 amide bonds. The number of carbonyl (C=O) groups excluding carboxylic acids is 2. The molecule has 0 aliphatic rings. The van der Waals surface area contributed by atoms with Gasteiger partial charge >= 0.3 is 6.09 Å². The van der Waals surface area contributed by atoms with Crippen LogP contribution in [0.15, 0.2) is 30.3 Å². The van der Waals surface area contributed by atoms with Crippen molar-refractivity contribution in [2.75, 3.05) is 26.7 Å². The van der Waals surface area contributed by atoms with Gasteiger partial charge in [-0.25, -0.2) is 4.79 Å². The number of benzene rings is 1. The summed E-state index contributed by atoms with van der Waals surface area (Å²) >= 11 is 0. The second-order valence-corrected chi connectivity index (χ2v) is 4.45. The Morgan fingerprint density at radius 3 is 2.52 bits per heavy atom. The van der Waals surface area contributed by atoms with E-state index in [0.29, 0.717) is 6.54 Å². The van der Waals surface area contributed by atoms with Crippen molar-refractivity contribution in [1.82, 2.24) is 9.80 Å². The van der Waals surface area contributed by atoms with Crippen molar-refractivity contribution in [1.29, 1.82) is 5.26 Å². The third-order valence-electron chi connectivity index (χ3n) is 2.78. The van der Waals surface area contributed by atoms with E-state index < -0.39 is 6.09 Å². The average Bonchev–Trinajstić information content (AvgIpc) is 2.48. The molecule has 6 heteroatoms. The van der Waals surface area contributed by atoms with Crippen LogP contribution in [0.1, 0.15) is 12.5 Å². The molecule has 0 heterocycles. The highest BCUT2D eigenvalue weighted by Gasteiger charge is 2.19. The van der Waals surface area contributed by atoms with E-state index in [2.05, 4.69) is 0 Å². The van der Waals surface area contributed by atoms with Gasteiger partial charge in [0, 0.05) is 13.6 Å². The van der Waals surface area contributed by atoms with Crippen molar-refractivity contribution >= 4 is 12.0 Å². The van der Waals surface area contributed by atoms with Crippen molar-refractivity contribution in [3.63, 3.8) is 0 Å². The molecule has 0 bridgehead atoms. The first-order valence-electron chi connectivity index (χ1n) is 6.65. The van der Waals surface area contributed by atoms with Crippen LogP contribution >= 0.6 is 0 Å². The highest BCUT2D eigenvalue weighted by Crippen LogP contribution is 2.05. The molecule has 1 aromatic carbocycles. The molecule has 0 radical (unpaired) electrons. The molecular formula is C15H19N3O3. The van der Waals surface area contributed by atoms with E-state index in [9.17, 15) is 9.59 Å². The fraction of sp³-hybridized carbons (Fsp3) is 0.400. The molecule has 0 unspecified atom stereocenters. The Kier molecular flexibility index (Phi) is 6.75. The van der Waals surface area contributed by atoms with Crippen LogP contribution < -0.4 is 0 Å². The molecule has 0 aliphatic carbocycles. The van der Waals surface area contributed by atoms with Gasteiger partial charge in [-0.3, -0.25) is 4.79 Å². The molecule has 0 fully saturated rings. The van der Waals surface area contributed by atoms with E-state index in [0.717, 1.165) is 5.56 Å². The molecule has 0 saturated heterocycles. The summed E-state index contributed by atoms with van der Waals surface area (Å²) < 4.78 is 4.81. The lowest BCUT2D eigenvalue weighted by atomic mass is 10.2. The van der Waals surface area contributed by atoms with E-state index in [1.807, 2.05) is 36.4 Å². The van der Waals surface area contributed by atoms with Gasteiger partial charge in [0.05, 0.1) is 12.7 Å². The summed E-state index contributed by atoms with van der Waals surface area (Å²) in [5.74, 6) is -0.295. The first-order chi connectivity index (χ1) is 10.1. The van der Waals surface area contributed by atoms with Crippen molar-refractivity contribution in [2.24, 2.45) is 0 Å². The predicted octanol–water partition coefficient (Wildman–Crippen LogP) is 1.63. The monoisotopic (exact) mass is 289 g/mol. The van der Waals surface area contributed by atoms with Crippen LogP contribution in [0.5, 0.6) is 0 Å². The fourth-order valence-corrected chi connectivity index (χ4v) is 1.72. The Morgan fingerprint density at radius 2 is 1.95 bits per heavy atom. The maximum absolute atomic E-state index is 12.2. The van der Waals surface area contributed by atoms with Crippen LogP contribution in [0.3, 0.4) is 0 Å². The zero-order valence-corrected chi connectivity index (χ0v) is 12.3. The number of rotatable bonds is 6. The van der Waals surface area contributed by atoms with Gasteiger partial charge in [-0.2, -0.15) is 5.26 Å². The molecule has 0 N–H and O–H groups in total. The number of carbonyl (C=O) groups is 2. The number of hydrogen-bond acceptors (Lipinski definition) is 4. The van der Waals surface area contributed by atoms with Crippen molar-refractivity contribution in [3.05, 3.63) is 35.9 Å². The summed E-state index contributed by atoms with van der Waals surface area (Å²) in [7, 11) is 1.49. The first kappa shape index (κ1) is 16.5. The zero-order valence-electron chi connectivity index (χ0n) is 12.3. The van der Waals surface area contributed by atoms with Gasteiger partial charge < -0.3 is 14.5 Å². The zero-order chi connectivity index (χ0) is 15.7. The molecule has 21 heavy (non-hydrogen) atoms.